The number of amides is 2. The lowest BCUT2D eigenvalue weighted by molar-refractivity contribution is -0.145. The fourth-order valence-corrected chi connectivity index (χ4v) is 3.30. The second-order valence-electron chi connectivity index (χ2n) is 6.54. The molecule has 6 nitrogen and oxygen atoms in total. The first kappa shape index (κ1) is 14.5. The van der Waals surface area contributed by atoms with Gasteiger partial charge in [-0.3, -0.25) is 24.6 Å². The van der Waals surface area contributed by atoms with Crippen LogP contribution in [0.15, 0.2) is 0 Å². The molecule has 2 saturated carbocycles. The second kappa shape index (κ2) is 5.09. The average Bonchev–Trinajstić information content (AvgIpc) is 3.34. The molecule has 1 saturated heterocycles. The van der Waals surface area contributed by atoms with E-state index >= 15 is 0 Å². The van der Waals surface area contributed by atoms with E-state index in [9.17, 15) is 19.5 Å². The van der Waals surface area contributed by atoms with E-state index < -0.39 is 11.5 Å². The molecule has 2 amide bonds. The molecule has 0 spiro atoms. The summed E-state index contributed by atoms with van der Waals surface area (Å²) in [6, 6.07) is 0.309. The van der Waals surface area contributed by atoms with Gasteiger partial charge in [-0.2, -0.15) is 0 Å². The number of likely N-dealkylation sites (tertiary alicyclic amines) is 1. The summed E-state index contributed by atoms with van der Waals surface area (Å²) >= 11 is 0. The number of carboxylic acid groups (broad SMARTS) is 1. The molecule has 21 heavy (non-hydrogen) atoms. The highest BCUT2D eigenvalue weighted by molar-refractivity contribution is 6.08. The zero-order valence-electron chi connectivity index (χ0n) is 12.3. The van der Waals surface area contributed by atoms with Gasteiger partial charge < -0.3 is 5.11 Å². The van der Waals surface area contributed by atoms with Crippen molar-refractivity contribution in [3.8, 4) is 0 Å². The third kappa shape index (κ3) is 2.57. The Morgan fingerprint density at radius 3 is 2.43 bits per heavy atom. The molecule has 0 aromatic rings. The summed E-state index contributed by atoms with van der Waals surface area (Å²) in [5.74, 6) is -1.09. The molecule has 3 atom stereocenters. The number of rotatable bonds is 8. The Hall–Kier alpha value is -1.43. The molecule has 6 heteroatoms. The van der Waals surface area contributed by atoms with Gasteiger partial charge in [0.2, 0.25) is 11.8 Å². The van der Waals surface area contributed by atoms with E-state index in [4.69, 9.17) is 0 Å². The number of carboxylic acids is 1. The van der Waals surface area contributed by atoms with Crippen molar-refractivity contribution in [1.29, 1.82) is 0 Å². The van der Waals surface area contributed by atoms with Gasteiger partial charge in [0.25, 0.3) is 0 Å². The average molecular weight is 294 g/mol. The van der Waals surface area contributed by atoms with Gasteiger partial charge in [0.05, 0.1) is 11.8 Å². The van der Waals surface area contributed by atoms with Gasteiger partial charge in [0.1, 0.15) is 5.54 Å². The molecule has 0 radical (unpaired) electrons. The van der Waals surface area contributed by atoms with Crippen LogP contribution < -0.4 is 5.32 Å². The van der Waals surface area contributed by atoms with Crippen LogP contribution in [-0.2, 0) is 14.4 Å². The molecular formula is C15H22N2O4. The summed E-state index contributed by atoms with van der Waals surface area (Å²) < 4.78 is 0. The summed E-state index contributed by atoms with van der Waals surface area (Å²) in [4.78, 5) is 36.7. The van der Waals surface area contributed by atoms with E-state index in [1.54, 1.807) is 0 Å². The molecule has 3 fully saturated rings. The molecule has 3 unspecified atom stereocenters. The van der Waals surface area contributed by atoms with Crippen LogP contribution in [0.4, 0.5) is 0 Å². The zero-order valence-corrected chi connectivity index (χ0v) is 12.3. The number of carbonyl (C=O) groups is 3. The minimum Gasteiger partial charge on any atom is -0.480 e. The van der Waals surface area contributed by atoms with Crippen LogP contribution in [-0.4, -0.2) is 45.9 Å². The molecule has 0 aromatic heterocycles. The fourth-order valence-electron chi connectivity index (χ4n) is 3.30. The Bertz CT molecular complexity index is 468. The van der Waals surface area contributed by atoms with Crippen molar-refractivity contribution >= 4 is 17.8 Å². The molecule has 0 bridgehead atoms. The minimum atomic E-state index is -0.921. The van der Waals surface area contributed by atoms with Crippen molar-refractivity contribution in [2.45, 2.75) is 57.0 Å². The number of nitrogens with one attached hydrogen (secondary N) is 1. The fraction of sp³-hybridized carbons (Fsp3) is 0.800. The summed E-state index contributed by atoms with van der Waals surface area (Å²) in [6.45, 7) is 2.22. The van der Waals surface area contributed by atoms with Crippen LogP contribution in [0, 0.1) is 11.8 Å². The quantitative estimate of drug-likeness (QED) is 0.645. The first-order valence-corrected chi connectivity index (χ1v) is 7.85. The number of hydrogen-bond donors (Lipinski definition) is 2. The van der Waals surface area contributed by atoms with Crippen molar-refractivity contribution in [3.05, 3.63) is 0 Å². The molecule has 116 valence electrons. The first-order chi connectivity index (χ1) is 9.98. The molecule has 3 rings (SSSR count). The van der Waals surface area contributed by atoms with Crippen LogP contribution in [0.1, 0.15) is 45.4 Å². The van der Waals surface area contributed by atoms with Crippen molar-refractivity contribution < 1.29 is 19.5 Å². The lowest BCUT2D eigenvalue weighted by Crippen LogP contribution is -2.53. The maximum Gasteiger partial charge on any atom is 0.323 e. The highest BCUT2D eigenvalue weighted by atomic mass is 16.4. The topological polar surface area (TPSA) is 86.7 Å². The summed E-state index contributed by atoms with van der Waals surface area (Å²) in [5.41, 5.74) is -0.921. The normalized spacial score (nSPS) is 30.2. The number of piperidine rings is 1. The predicted octanol–water partition coefficient (Wildman–Crippen LogP) is 0.757. The maximum absolute atomic E-state index is 11.9. The van der Waals surface area contributed by atoms with Crippen molar-refractivity contribution in [3.63, 3.8) is 0 Å². The summed E-state index contributed by atoms with van der Waals surface area (Å²) in [7, 11) is 0. The third-order valence-electron chi connectivity index (χ3n) is 5.01. The number of imide groups is 1. The Labute approximate surface area is 123 Å². The number of aliphatic carboxylic acids is 1. The maximum atomic E-state index is 11.9. The number of nitrogens with zero attached hydrogens (tertiary/aromatic N) is 1. The van der Waals surface area contributed by atoms with E-state index in [1.165, 1.54) is 4.90 Å². The van der Waals surface area contributed by atoms with Gasteiger partial charge in [-0.05, 0) is 38.5 Å². The largest absolute Gasteiger partial charge is 0.480 e. The van der Waals surface area contributed by atoms with E-state index in [2.05, 4.69) is 5.32 Å². The highest BCUT2D eigenvalue weighted by Gasteiger charge is 2.58. The lowest BCUT2D eigenvalue weighted by Gasteiger charge is -2.30. The number of fused-ring (bicyclic) bond motifs is 1. The molecule has 2 N–H and O–H groups in total. The van der Waals surface area contributed by atoms with Gasteiger partial charge in [-0.25, -0.2) is 0 Å². The van der Waals surface area contributed by atoms with Gasteiger partial charge in [-0.1, -0.05) is 6.92 Å². The predicted molar refractivity (Wildman–Crippen MR) is 74.4 cm³/mol. The van der Waals surface area contributed by atoms with Gasteiger partial charge in [0, 0.05) is 12.6 Å². The SMILES string of the molecule is CCC(CCCN1C(=O)C2CC2C1=O)(NC1CC1)C(=O)O. The smallest absolute Gasteiger partial charge is 0.323 e. The first-order valence-electron chi connectivity index (χ1n) is 7.85. The monoisotopic (exact) mass is 294 g/mol. The molecule has 3 aliphatic rings. The second-order valence-corrected chi connectivity index (χ2v) is 6.54. The molecular weight excluding hydrogens is 272 g/mol. The van der Waals surface area contributed by atoms with Crippen molar-refractivity contribution in [1.82, 2.24) is 10.2 Å². The molecule has 0 aromatic carbocycles. The minimum absolute atomic E-state index is 0.0578. The third-order valence-corrected chi connectivity index (χ3v) is 5.01. The zero-order chi connectivity index (χ0) is 15.2. The van der Waals surface area contributed by atoms with Crippen molar-refractivity contribution in [2.24, 2.45) is 11.8 Å². The van der Waals surface area contributed by atoms with Crippen molar-refractivity contribution in [2.75, 3.05) is 6.54 Å². The number of carbonyl (C=O) groups excluding carboxylic acids is 2. The summed E-state index contributed by atoms with van der Waals surface area (Å²) in [5, 5.41) is 12.8. The Balaban J connectivity index is 1.55. The molecule has 1 aliphatic heterocycles. The molecule has 2 aliphatic carbocycles. The molecule has 1 heterocycles. The van der Waals surface area contributed by atoms with E-state index in [0.29, 0.717) is 38.3 Å². The van der Waals surface area contributed by atoms with E-state index in [-0.39, 0.29) is 23.7 Å². The van der Waals surface area contributed by atoms with Crippen LogP contribution in [0.5, 0.6) is 0 Å². The highest BCUT2D eigenvalue weighted by Crippen LogP contribution is 2.47. The van der Waals surface area contributed by atoms with E-state index in [0.717, 1.165) is 12.8 Å². The standard InChI is InChI=1S/C15H22N2O4/c1-2-15(14(20)21,16-9-4-5-9)6-3-7-17-12(18)10-8-11(10)13(17)19/h9-11,16H,2-8H2,1H3,(H,20,21). The lowest BCUT2D eigenvalue weighted by atomic mass is 9.90. The Kier molecular flexibility index (Phi) is 3.51. The summed E-state index contributed by atoms with van der Waals surface area (Å²) in [6.07, 6.45) is 4.26. The van der Waals surface area contributed by atoms with Gasteiger partial charge in [0.15, 0.2) is 0 Å². The van der Waals surface area contributed by atoms with Crippen LogP contribution >= 0.6 is 0 Å². The van der Waals surface area contributed by atoms with Gasteiger partial charge >= 0.3 is 5.97 Å². The van der Waals surface area contributed by atoms with Crippen LogP contribution in [0.2, 0.25) is 0 Å². The number of hydrogen-bond acceptors (Lipinski definition) is 4. The van der Waals surface area contributed by atoms with Gasteiger partial charge in [-0.15, -0.1) is 0 Å². The Morgan fingerprint density at radius 2 is 1.95 bits per heavy atom. The van der Waals surface area contributed by atoms with E-state index in [1.807, 2.05) is 6.92 Å². The van der Waals surface area contributed by atoms with Crippen LogP contribution in [0.25, 0.3) is 0 Å². The Morgan fingerprint density at radius 1 is 1.33 bits per heavy atom. The van der Waals surface area contributed by atoms with Crippen LogP contribution in [0.3, 0.4) is 0 Å².